The number of anilines is 2. The summed E-state index contributed by atoms with van der Waals surface area (Å²) in [5, 5.41) is 3.94. The van der Waals surface area contributed by atoms with Crippen LogP contribution >= 0.6 is 0 Å². The number of fused-ring (bicyclic) bond motifs is 2. The van der Waals surface area contributed by atoms with Crippen LogP contribution in [-0.2, 0) is 4.74 Å². The molecular weight excluding hydrogens is 525 g/mol. The third-order valence-corrected chi connectivity index (χ3v) is 7.40. The number of terminal acetylenes is 1. The minimum atomic E-state index is -0.478. The number of rotatable bonds is 8. The predicted molar refractivity (Wildman–Crippen MR) is 155 cm³/mol. The van der Waals surface area contributed by atoms with Crippen molar-refractivity contribution in [2.45, 2.75) is 32.8 Å². The Hall–Kier alpha value is -4.10. The highest BCUT2D eigenvalue weighted by Gasteiger charge is 2.42. The fourth-order valence-corrected chi connectivity index (χ4v) is 5.51. The van der Waals surface area contributed by atoms with E-state index in [1.54, 1.807) is 19.2 Å². The summed E-state index contributed by atoms with van der Waals surface area (Å²) in [5.41, 5.74) is 0.979. The molecule has 216 valence electrons. The zero-order chi connectivity index (χ0) is 29.1. The summed E-state index contributed by atoms with van der Waals surface area (Å²) in [6, 6.07) is 8.16. The van der Waals surface area contributed by atoms with Gasteiger partial charge < -0.3 is 29.3 Å². The smallest absolute Gasteiger partial charge is 0.410 e. The molecule has 10 heteroatoms. The number of ether oxygens (including phenoxy) is 3. The molecule has 2 fully saturated rings. The summed E-state index contributed by atoms with van der Waals surface area (Å²) in [4.78, 5) is 25.5. The molecule has 5 rings (SSSR count). The normalized spacial score (nSPS) is 18.7. The molecule has 41 heavy (non-hydrogen) atoms. The van der Waals surface area contributed by atoms with Crippen molar-refractivity contribution in [3.8, 4) is 23.8 Å². The van der Waals surface area contributed by atoms with Crippen LogP contribution < -0.4 is 14.8 Å². The van der Waals surface area contributed by atoms with Crippen LogP contribution in [0, 0.1) is 30.0 Å². The Labute approximate surface area is 240 Å². The standard InChI is InChI=1S/C31H36FN5O4/c1-6-20-12-23(8-9-25(20)32)35-29-24-13-28(27(39-5)14-26(24)33-19-34-29)40-11-7-10-36-15-21-17-37(18-22(21)16-36)30(38)41-31(2,3)4/h1,8-9,12-14,19,21-22H,7,10-11,15-18H2,2-5H3,(H,33,34,35). The van der Waals surface area contributed by atoms with Gasteiger partial charge in [-0.1, -0.05) is 5.92 Å². The molecule has 0 saturated carbocycles. The number of hydrogen-bond acceptors (Lipinski definition) is 8. The lowest BCUT2D eigenvalue weighted by Crippen LogP contribution is -2.37. The van der Waals surface area contributed by atoms with Gasteiger partial charge in [0.05, 0.1) is 24.8 Å². The minimum absolute atomic E-state index is 0.168. The first-order valence-corrected chi connectivity index (χ1v) is 13.8. The third-order valence-electron chi connectivity index (χ3n) is 7.40. The second-order valence-electron chi connectivity index (χ2n) is 11.6. The Kier molecular flexibility index (Phi) is 8.18. The van der Waals surface area contributed by atoms with E-state index in [1.165, 1.54) is 12.4 Å². The number of nitrogens with zero attached hydrogens (tertiary/aromatic N) is 4. The number of likely N-dealkylation sites (tertiary alicyclic amines) is 2. The van der Waals surface area contributed by atoms with Gasteiger partial charge >= 0.3 is 6.09 Å². The van der Waals surface area contributed by atoms with Gasteiger partial charge in [0.25, 0.3) is 0 Å². The Bertz CT molecular complexity index is 1450. The molecule has 1 amide bonds. The van der Waals surface area contributed by atoms with E-state index >= 15 is 0 Å². The van der Waals surface area contributed by atoms with E-state index in [0.717, 1.165) is 44.5 Å². The fourth-order valence-electron chi connectivity index (χ4n) is 5.51. The first-order chi connectivity index (χ1) is 19.6. The van der Waals surface area contributed by atoms with Gasteiger partial charge in [-0.25, -0.2) is 19.2 Å². The monoisotopic (exact) mass is 561 g/mol. The van der Waals surface area contributed by atoms with Crippen LogP contribution in [-0.4, -0.2) is 77.9 Å². The minimum Gasteiger partial charge on any atom is -0.493 e. The highest BCUT2D eigenvalue weighted by molar-refractivity contribution is 5.93. The third kappa shape index (κ3) is 6.63. The van der Waals surface area contributed by atoms with Crippen molar-refractivity contribution in [2.24, 2.45) is 11.8 Å². The van der Waals surface area contributed by atoms with Crippen LogP contribution in [0.1, 0.15) is 32.8 Å². The first-order valence-electron chi connectivity index (χ1n) is 13.8. The molecule has 1 aromatic heterocycles. The molecule has 0 radical (unpaired) electrons. The molecule has 1 N–H and O–H groups in total. The number of hydrogen-bond donors (Lipinski definition) is 1. The maximum atomic E-state index is 13.8. The van der Waals surface area contributed by atoms with E-state index in [2.05, 4.69) is 26.1 Å². The molecule has 2 unspecified atom stereocenters. The van der Waals surface area contributed by atoms with Gasteiger partial charge in [0.15, 0.2) is 11.5 Å². The van der Waals surface area contributed by atoms with Crippen LogP contribution in [0.4, 0.5) is 20.7 Å². The van der Waals surface area contributed by atoms with Crippen molar-refractivity contribution in [1.82, 2.24) is 19.8 Å². The molecule has 2 atom stereocenters. The molecular formula is C31H36FN5O4. The van der Waals surface area contributed by atoms with Crippen LogP contribution in [0.5, 0.6) is 11.5 Å². The lowest BCUT2D eigenvalue weighted by Gasteiger charge is -2.26. The highest BCUT2D eigenvalue weighted by Crippen LogP contribution is 2.35. The molecule has 2 aromatic carbocycles. The van der Waals surface area contributed by atoms with Gasteiger partial charge in [-0.05, 0) is 63.3 Å². The number of amides is 1. The van der Waals surface area contributed by atoms with E-state index in [0.29, 0.717) is 47.0 Å². The fraction of sp³-hybridized carbons (Fsp3) is 0.452. The van der Waals surface area contributed by atoms with E-state index in [9.17, 15) is 9.18 Å². The van der Waals surface area contributed by atoms with Crippen molar-refractivity contribution >= 4 is 28.5 Å². The number of nitrogens with one attached hydrogen (secondary N) is 1. The van der Waals surface area contributed by atoms with Gasteiger partial charge in [0, 0.05) is 49.9 Å². The predicted octanol–water partition coefficient (Wildman–Crippen LogP) is 5.07. The first kappa shape index (κ1) is 28.4. The topological polar surface area (TPSA) is 89.1 Å². The summed E-state index contributed by atoms with van der Waals surface area (Å²) >= 11 is 0. The number of halogens is 1. The van der Waals surface area contributed by atoms with Crippen LogP contribution in [0.2, 0.25) is 0 Å². The van der Waals surface area contributed by atoms with Crippen LogP contribution in [0.25, 0.3) is 10.9 Å². The average molecular weight is 562 g/mol. The molecule has 0 aliphatic carbocycles. The Balaban J connectivity index is 1.17. The summed E-state index contributed by atoms with van der Waals surface area (Å²) in [6.45, 7) is 10.6. The molecule has 0 spiro atoms. The number of carbonyl (C=O) groups excluding carboxylic acids is 1. The SMILES string of the molecule is C#Cc1cc(Nc2ncnc3cc(OC)c(OCCCN4CC5CN(C(=O)OC(C)(C)C)CC5C4)cc23)ccc1F. The molecule has 3 aromatic rings. The van der Waals surface area contributed by atoms with E-state index in [4.69, 9.17) is 20.6 Å². The quantitative estimate of drug-likeness (QED) is 0.301. The second-order valence-corrected chi connectivity index (χ2v) is 11.6. The maximum Gasteiger partial charge on any atom is 0.410 e. The number of benzene rings is 2. The van der Waals surface area contributed by atoms with Gasteiger partial charge in [-0.2, -0.15) is 0 Å². The largest absolute Gasteiger partial charge is 0.493 e. The van der Waals surface area contributed by atoms with Crippen molar-refractivity contribution in [2.75, 3.05) is 51.8 Å². The van der Waals surface area contributed by atoms with Crippen molar-refractivity contribution < 1.29 is 23.4 Å². The molecule has 3 heterocycles. The summed E-state index contributed by atoms with van der Waals surface area (Å²) < 4.78 is 31.1. The zero-order valence-corrected chi connectivity index (χ0v) is 23.9. The van der Waals surface area contributed by atoms with Crippen molar-refractivity contribution in [3.05, 3.63) is 48.0 Å². The molecule has 0 bridgehead atoms. The van der Waals surface area contributed by atoms with Gasteiger partial charge in [-0.15, -0.1) is 6.42 Å². The molecule has 2 saturated heterocycles. The van der Waals surface area contributed by atoms with E-state index in [1.807, 2.05) is 37.8 Å². The zero-order valence-electron chi connectivity index (χ0n) is 23.9. The Morgan fingerprint density at radius 1 is 1.12 bits per heavy atom. The maximum absolute atomic E-state index is 13.8. The lowest BCUT2D eigenvalue weighted by molar-refractivity contribution is 0.0274. The van der Waals surface area contributed by atoms with E-state index < -0.39 is 11.4 Å². The van der Waals surface area contributed by atoms with E-state index in [-0.39, 0.29) is 11.7 Å². The van der Waals surface area contributed by atoms with Crippen LogP contribution in [0.15, 0.2) is 36.7 Å². The number of aromatic nitrogens is 2. The second kappa shape index (κ2) is 11.8. The van der Waals surface area contributed by atoms with Gasteiger partial charge in [0.1, 0.15) is 23.6 Å². The Morgan fingerprint density at radius 3 is 2.56 bits per heavy atom. The van der Waals surface area contributed by atoms with Gasteiger partial charge in [0.2, 0.25) is 0 Å². The average Bonchev–Trinajstić information content (AvgIpc) is 3.50. The number of methoxy groups -OCH3 is 1. The molecule has 2 aliphatic heterocycles. The molecule has 2 aliphatic rings. The Morgan fingerprint density at radius 2 is 1.88 bits per heavy atom. The van der Waals surface area contributed by atoms with Gasteiger partial charge in [-0.3, -0.25) is 0 Å². The summed E-state index contributed by atoms with van der Waals surface area (Å²) in [7, 11) is 1.60. The summed E-state index contributed by atoms with van der Waals surface area (Å²) in [6.07, 6.45) is 7.50. The van der Waals surface area contributed by atoms with Crippen molar-refractivity contribution in [1.29, 1.82) is 0 Å². The lowest BCUT2D eigenvalue weighted by atomic mass is 10.0. The number of carbonyl (C=O) groups is 1. The van der Waals surface area contributed by atoms with Crippen LogP contribution in [0.3, 0.4) is 0 Å². The van der Waals surface area contributed by atoms with Crippen molar-refractivity contribution in [3.63, 3.8) is 0 Å². The highest BCUT2D eigenvalue weighted by atomic mass is 19.1. The molecule has 9 nitrogen and oxygen atoms in total. The summed E-state index contributed by atoms with van der Waals surface area (Å²) in [5.74, 6) is 4.57.